The molecule has 36 heavy (non-hydrogen) atoms. The molecule has 1 aromatic heterocycles. The normalized spacial score (nSPS) is 19.7. The average molecular weight is 517 g/mol. The number of amides is 2. The van der Waals surface area contributed by atoms with Crippen LogP contribution in [0.1, 0.15) is 61.7 Å². The van der Waals surface area contributed by atoms with E-state index in [1.165, 1.54) is 6.07 Å². The predicted molar refractivity (Wildman–Crippen MR) is 130 cm³/mol. The van der Waals surface area contributed by atoms with Gasteiger partial charge in [0.25, 0.3) is 0 Å². The van der Waals surface area contributed by atoms with Crippen molar-refractivity contribution in [2.45, 2.75) is 62.2 Å². The molecule has 0 bridgehead atoms. The molecule has 2 aromatic rings. The molecule has 2 saturated heterocycles. The number of carbonyl (C=O) groups excluding carboxylic acids is 2. The van der Waals surface area contributed by atoms with Gasteiger partial charge in [0, 0.05) is 57.2 Å². The second-order valence-corrected chi connectivity index (χ2v) is 12.0. The molecule has 3 aliphatic heterocycles. The molecule has 10 nitrogen and oxygen atoms in total. The van der Waals surface area contributed by atoms with Gasteiger partial charge >= 0.3 is 0 Å². The zero-order valence-electron chi connectivity index (χ0n) is 20.3. The quantitative estimate of drug-likeness (QED) is 0.594. The lowest BCUT2D eigenvalue weighted by molar-refractivity contribution is -0.132. The number of fused-ring (bicyclic) bond motifs is 1. The maximum absolute atomic E-state index is 12.9. The SMILES string of the molecule is O=C1CCc2cc(S(=O)(=O)CCC(=O)N3CCC(Cc4nc(C5CCOCC5)no4)CC3)ccc2N1. The van der Waals surface area contributed by atoms with E-state index in [9.17, 15) is 18.0 Å². The molecule has 2 amide bonds. The fourth-order valence-corrected chi connectivity index (χ4v) is 6.43. The highest BCUT2D eigenvalue weighted by Gasteiger charge is 2.28. The van der Waals surface area contributed by atoms with Crippen LogP contribution in [0.3, 0.4) is 0 Å². The minimum atomic E-state index is -3.60. The van der Waals surface area contributed by atoms with Gasteiger partial charge < -0.3 is 19.5 Å². The van der Waals surface area contributed by atoms with Gasteiger partial charge in [0.15, 0.2) is 15.7 Å². The van der Waals surface area contributed by atoms with Crippen LogP contribution < -0.4 is 5.32 Å². The highest BCUT2D eigenvalue weighted by Crippen LogP contribution is 2.28. The van der Waals surface area contributed by atoms with E-state index >= 15 is 0 Å². The molecule has 1 aromatic carbocycles. The molecular weight excluding hydrogens is 484 g/mol. The largest absolute Gasteiger partial charge is 0.381 e. The van der Waals surface area contributed by atoms with Crippen LogP contribution in [0, 0.1) is 5.92 Å². The van der Waals surface area contributed by atoms with E-state index < -0.39 is 9.84 Å². The standard InChI is InChI=1S/C25H32N4O6S/c30-22-4-1-19-16-20(2-3-21(19)26-22)36(32,33)14-9-24(31)29-10-5-17(6-11-29)15-23-27-25(28-35-23)18-7-12-34-13-8-18/h2-3,16-18H,1,4-15H2,(H,26,30). The number of aromatic nitrogens is 2. The molecule has 4 heterocycles. The summed E-state index contributed by atoms with van der Waals surface area (Å²) >= 11 is 0. The van der Waals surface area contributed by atoms with E-state index in [2.05, 4.69) is 15.5 Å². The van der Waals surface area contributed by atoms with Crippen molar-refractivity contribution in [3.8, 4) is 0 Å². The Labute approximate surface area is 210 Å². The number of nitrogens with one attached hydrogen (secondary N) is 1. The van der Waals surface area contributed by atoms with Crippen LogP contribution in [-0.2, 0) is 37.0 Å². The summed E-state index contributed by atoms with van der Waals surface area (Å²) in [6.45, 7) is 2.66. The molecule has 194 valence electrons. The lowest BCUT2D eigenvalue weighted by Crippen LogP contribution is -2.39. The Morgan fingerprint density at radius 1 is 1.11 bits per heavy atom. The number of piperidine rings is 1. The topological polar surface area (TPSA) is 132 Å². The Hall–Kier alpha value is -2.79. The highest BCUT2D eigenvalue weighted by atomic mass is 32.2. The van der Waals surface area contributed by atoms with E-state index in [-0.39, 0.29) is 28.9 Å². The number of aryl methyl sites for hydroxylation is 1. The number of anilines is 1. The number of carbonyl (C=O) groups is 2. The van der Waals surface area contributed by atoms with Crippen molar-refractivity contribution in [2.24, 2.45) is 5.92 Å². The van der Waals surface area contributed by atoms with Crippen molar-refractivity contribution in [1.82, 2.24) is 15.0 Å². The van der Waals surface area contributed by atoms with E-state index in [1.54, 1.807) is 17.0 Å². The first-order valence-electron chi connectivity index (χ1n) is 12.7. The summed E-state index contributed by atoms with van der Waals surface area (Å²) in [7, 11) is -3.60. The maximum atomic E-state index is 12.9. The summed E-state index contributed by atoms with van der Waals surface area (Å²) in [4.78, 5) is 30.8. The first-order chi connectivity index (χ1) is 17.4. The predicted octanol–water partition coefficient (Wildman–Crippen LogP) is 2.49. The summed E-state index contributed by atoms with van der Waals surface area (Å²) < 4.78 is 36.6. The van der Waals surface area contributed by atoms with E-state index in [4.69, 9.17) is 9.26 Å². The monoisotopic (exact) mass is 516 g/mol. The van der Waals surface area contributed by atoms with Gasteiger partial charge in [0.05, 0.1) is 10.6 Å². The fraction of sp³-hybridized carbons (Fsp3) is 0.600. The third-order valence-corrected chi connectivity index (χ3v) is 9.13. The minimum absolute atomic E-state index is 0.0427. The number of hydrogen-bond acceptors (Lipinski definition) is 8. The third kappa shape index (κ3) is 5.78. The van der Waals surface area contributed by atoms with Gasteiger partial charge in [-0.15, -0.1) is 0 Å². The lowest BCUT2D eigenvalue weighted by Gasteiger charge is -2.31. The Kier molecular flexibility index (Phi) is 7.38. The Bertz CT molecular complexity index is 1210. The van der Waals surface area contributed by atoms with Gasteiger partial charge in [0.2, 0.25) is 17.7 Å². The fourth-order valence-electron chi connectivity index (χ4n) is 5.16. The van der Waals surface area contributed by atoms with Crippen molar-refractivity contribution in [2.75, 3.05) is 37.4 Å². The van der Waals surface area contributed by atoms with E-state index in [0.29, 0.717) is 55.8 Å². The summed E-state index contributed by atoms with van der Waals surface area (Å²) in [5, 5.41) is 6.92. The molecule has 11 heteroatoms. The molecule has 1 N–H and O–H groups in total. The Morgan fingerprint density at radius 2 is 1.89 bits per heavy atom. The number of likely N-dealkylation sites (tertiary alicyclic amines) is 1. The molecule has 0 atom stereocenters. The second-order valence-electron chi connectivity index (χ2n) is 9.90. The van der Waals surface area contributed by atoms with Crippen LogP contribution in [-0.4, -0.2) is 67.3 Å². The number of rotatable bonds is 7. The Balaban J connectivity index is 1.09. The molecule has 0 radical (unpaired) electrons. The first-order valence-corrected chi connectivity index (χ1v) is 14.4. The van der Waals surface area contributed by atoms with Crippen LogP contribution in [0.15, 0.2) is 27.6 Å². The molecule has 0 saturated carbocycles. The molecule has 3 aliphatic rings. The molecule has 0 spiro atoms. The first kappa shape index (κ1) is 24.9. The van der Waals surface area contributed by atoms with Gasteiger partial charge in [-0.1, -0.05) is 5.16 Å². The van der Waals surface area contributed by atoms with Gasteiger partial charge in [-0.2, -0.15) is 4.98 Å². The number of ether oxygens (including phenoxy) is 1. The zero-order valence-corrected chi connectivity index (χ0v) is 21.1. The van der Waals surface area contributed by atoms with Crippen LogP contribution in [0.2, 0.25) is 0 Å². The van der Waals surface area contributed by atoms with E-state index in [1.807, 2.05) is 0 Å². The summed E-state index contributed by atoms with van der Waals surface area (Å²) in [5.74, 6) is 1.65. The highest BCUT2D eigenvalue weighted by molar-refractivity contribution is 7.91. The molecular formula is C25H32N4O6S. The zero-order chi connectivity index (χ0) is 25.1. The number of benzene rings is 1. The lowest BCUT2D eigenvalue weighted by atomic mass is 9.93. The summed E-state index contributed by atoms with van der Waals surface area (Å²) in [6, 6.07) is 4.74. The minimum Gasteiger partial charge on any atom is -0.381 e. The third-order valence-electron chi connectivity index (χ3n) is 7.42. The summed E-state index contributed by atoms with van der Waals surface area (Å²) in [6.07, 6.45) is 4.99. The maximum Gasteiger partial charge on any atom is 0.226 e. The van der Waals surface area contributed by atoms with Crippen molar-refractivity contribution in [3.63, 3.8) is 0 Å². The van der Waals surface area contributed by atoms with Crippen molar-refractivity contribution in [1.29, 1.82) is 0 Å². The smallest absolute Gasteiger partial charge is 0.226 e. The van der Waals surface area contributed by atoms with Gasteiger partial charge in [-0.3, -0.25) is 9.59 Å². The van der Waals surface area contributed by atoms with Crippen LogP contribution in [0.25, 0.3) is 0 Å². The number of sulfone groups is 1. The molecule has 2 fully saturated rings. The summed E-state index contributed by atoms with van der Waals surface area (Å²) in [5.41, 5.74) is 1.47. The number of nitrogens with zero attached hydrogens (tertiary/aromatic N) is 3. The second kappa shape index (κ2) is 10.7. The average Bonchev–Trinajstić information content (AvgIpc) is 3.36. The van der Waals surface area contributed by atoms with Crippen LogP contribution in [0.5, 0.6) is 0 Å². The Morgan fingerprint density at radius 3 is 2.67 bits per heavy atom. The van der Waals surface area contributed by atoms with E-state index in [0.717, 1.165) is 50.3 Å². The van der Waals surface area contributed by atoms with Crippen molar-refractivity contribution in [3.05, 3.63) is 35.5 Å². The van der Waals surface area contributed by atoms with Crippen LogP contribution in [0.4, 0.5) is 5.69 Å². The number of hydrogen-bond donors (Lipinski definition) is 1. The molecule has 0 unspecified atom stereocenters. The molecule has 5 rings (SSSR count). The molecule has 0 aliphatic carbocycles. The van der Waals surface area contributed by atoms with Crippen molar-refractivity contribution >= 4 is 27.3 Å². The van der Waals surface area contributed by atoms with Crippen molar-refractivity contribution < 1.29 is 27.3 Å². The van der Waals surface area contributed by atoms with Gasteiger partial charge in [0.1, 0.15) is 0 Å². The van der Waals surface area contributed by atoms with Gasteiger partial charge in [-0.25, -0.2) is 8.42 Å². The van der Waals surface area contributed by atoms with Gasteiger partial charge in [-0.05, 0) is 61.8 Å². The van der Waals surface area contributed by atoms with Crippen LogP contribution >= 0.6 is 0 Å².